The lowest BCUT2D eigenvalue weighted by Crippen LogP contribution is -2.49. The molecule has 1 aromatic heterocycles. The van der Waals surface area contributed by atoms with E-state index in [-0.39, 0.29) is 11.9 Å². The van der Waals surface area contributed by atoms with Gasteiger partial charge in [0.1, 0.15) is 11.9 Å². The summed E-state index contributed by atoms with van der Waals surface area (Å²) >= 11 is 0. The summed E-state index contributed by atoms with van der Waals surface area (Å²) in [4.78, 5) is 27.0. The van der Waals surface area contributed by atoms with Crippen LogP contribution in [0.4, 0.5) is 4.79 Å². The van der Waals surface area contributed by atoms with Crippen molar-refractivity contribution < 1.29 is 9.59 Å². The standard InChI is InChI=1S/C13H23N5O2/c1-9(2)8-11(12(14)19)17-13(20)16-5-7-18-6-4-15-10(18)3/h4,6,9,11H,5,7-8H2,1-3H3,(H2,14,19)(H2,16,17,20)/t11-/m0/s1. The van der Waals surface area contributed by atoms with Crippen molar-refractivity contribution >= 4 is 11.9 Å². The van der Waals surface area contributed by atoms with Gasteiger partial charge in [-0.3, -0.25) is 4.79 Å². The molecule has 1 aromatic rings. The number of carbonyl (C=O) groups excluding carboxylic acids is 2. The van der Waals surface area contributed by atoms with Gasteiger partial charge in [0.15, 0.2) is 0 Å². The van der Waals surface area contributed by atoms with Gasteiger partial charge in [-0.2, -0.15) is 0 Å². The summed E-state index contributed by atoms with van der Waals surface area (Å²) in [6.45, 7) is 6.92. The quantitative estimate of drug-likeness (QED) is 0.673. The van der Waals surface area contributed by atoms with Gasteiger partial charge in [-0.25, -0.2) is 9.78 Å². The zero-order valence-electron chi connectivity index (χ0n) is 12.2. The first kappa shape index (κ1) is 16.0. The van der Waals surface area contributed by atoms with Gasteiger partial charge < -0.3 is 20.9 Å². The molecule has 0 bridgehead atoms. The molecule has 0 spiro atoms. The van der Waals surface area contributed by atoms with Crippen LogP contribution >= 0.6 is 0 Å². The van der Waals surface area contributed by atoms with Crippen molar-refractivity contribution in [3.63, 3.8) is 0 Å². The number of carbonyl (C=O) groups is 2. The van der Waals surface area contributed by atoms with Crippen molar-refractivity contribution in [2.75, 3.05) is 6.54 Å². The van der Waals surface area contributed by atoms with Crippen molar-refractivity contribution in [3.8, 4) is 0 Å². The molecule has 7 heteroatoms. The number of nitrogens with two attached hydrogens (primary N) is 1. The topological polar surface area (TPSA) is 102 Å². The molecule has 1 rings (SSSR count). The fraction of sp³-hybridized carbons (Fsp3) is 0.615. The molecule has 0 aliphatic heterocycles. The van der Waals surface area contributed by atoms with Crippen molar-refractivity contribution in [1.29, 1.82) is 0 Å². The van der Waals surface area contributed by atoms with Gasteiger partial charge in [0.05, 0.1) is 0 Å². The van der Waals surface area contributed by atoms with Crippen LogP contribution < -0.4 is 16.4 Å². The average molecular weight is 281 g/mol. The Morgan fingerprint density at radius 1 is 1.45 bits per heavy atom. The number of urea groups is 1. The highest BCUT2D eigenvalue weighted by Crippen LogP contribution is 2.04. The van der Waals surface area contributed by atoms with Crippen molar-refractivity contribution in [1.82, 2.24) is 20.2 Å². The summed E-state index contributed by atoms with van der Waals surface area (Å²) in [6.07, 6.45) is 4.09. The first-order chi connectivity index (χ1) is 9.40. The molecule has 7 nitrogen and oxygen atoms in total. The van der Waals surface area contributed by atoms with E-state index in [0.29, 0.717) is 19.5 Å². The fourth-order valence-electron chi connectivity index (χ4n) is 1.86. The van der Waals surface area contributed by atoms with Gasteiger partial charge in [0.25, 0.3) is 0 Å². The summed E-state index contributed by atoms with van der Waals surface area (Å²) in [7, 11) is 0. The van der Waals surface area contributed by atoms with E-state index in [2.05, 4.69) is 15.6 Å². The van der Waals surface area contributed by atoms with Crippen LogP contribution in [0.3, 0.4) is 0 Å². The lowest BCUT2D eigenvalue weighted by atomic mass is 10.0. The van der Waals surface area contributed by atoms with Gasteiger partial charge in [0.2, 0.25) is 5.91 Å². The molecule has 1 heterocycles. The molecule has 0 saturated heterocycles. The number of nitrogens with zero attached hydrogens (tertiary/aromatic N) is 2. The Morgan fingerprint density at radius 2 is 2.15 bits per heavy atom. The van der Waals surface area contributed by atoms with E-state index in [1.54, 1.807) is 6.20 Å². The van der Waals surface area contributed by atoms with Gasteiger partial charge in [0, 0.05) is 25.5 Å². The van der Waals surface area contributed by atoms with Crippen LogP contribution in [0.2, 0.25) is 0 Å². The molecule has 0 aliphatic carbocycles. The molecule has 112 valence electrons. The molecular formula is C13H23N5O2. The largest absolute Gasteiger partial charge is 0.368 e. The van der Waals surface area contributed by atoms with Crippen LogP contribution in [0.1, 0.15) is 26.1 Å². The van der Waals surface area contributed by atoms with E-state index in [1.807, 2.05) is 31.5 Å². The zero-order chi connectivity index (χ0) is 15.1. The molecule has 0 saturated carbocycles. The third-order valence-corrected chi connectivity index (χ3v) is 2.92. The minimum absolute atomic E-state index is 0.279. The Kier molecular flexibility index (Phi) is 6.02. The van der Waals surface area contributed by atoms with Crippen molar-refractivity contribution in [2.24, 2.45) is 11.7 Å². The van der Waals surface area contributed by atoms with Gasteiger partial charge in [-0.1, -0.05) is 13.8 Å². The van der Waals surface area contributed by atoms with Gasteiger partial charge in [-0.05, 0) is 19.3 Å². The maximum absolute atomic E-state index is 11.7. The number of imidazole rings is 1. The molecular weight excluding hydrogens is 258 g/mol. The highest BCUT2D eigenvalue weighted by atomic mass is 16.2. The predicted octanol–water partition coefficient (Wildman–Crippen LogP) is 0.391. The molecule has 0 fully saturated rings. The molecule has 4 N–H and O–H groups in total. The molecule has 0 aromatic carbocycles. The third-order valence-electron chi connectivity index (χ3n) is 2.92. The molecule has 0 radical (unpaired) electrons. The van der Waals surface area contributed by atoms with E-state index in [9.17, 15) is 9.59 Å². The maximum Gasteiger partial charge on any atom is 0.315 e. The Labute approximate surface area is 118 Å². The Bertz CT molecular complexity index is 455. The van der Waals surface area contributed by atoms with Crippen molar-refractivity contribution in [3.05, 3.63) is 18.2 Å². The van der Waals surface area contributed by atoms with E-state index in [1.165, 1.54) is 0 Å². The van der Waals surface area contributed by atoms with E-state index in [4.69, 9.17) is 5.73 Å². The van der Waals surface area contributed by atoms with Crippen LogP contribution in [0.25, 0.3) is 0 Å². The van der Waals surface area contributed by atoms with Gasteiger partial charge >= 0.3 is 6.03 Å². The predicted molar refractivity (Wildman–Crippen MR) is 75.9 cm³/mol. The lowest BCUT2D eigenvalue weighted by Gasteiger charge is -2.17. The summed E-state index contributed by atoms with van der Waals surface area (Å²) in [5.41, 5.74) is 5.27. The minimum atomic E-state index is -0.634. The first-order valence-corrected chi connectivity index (χ1v) is 6.71. The number of amides is 3. The molecule has 1 atom stereocenters. The highest BCUT2D eigenvalue weighted by Gasteiger charge is 2.18. The number of hydrogen-bond donors (Lipinski definition) is 3. The molecule has 0 unspecified atom stereocenters. The van der Waals surface area contributed by atoms with E-state index < -0.39 is 11.9 Å². The SMILES string of the molecule is Cc1nccn1CCNC(=O)N[C@@H](CC(C)C)C(N)=O. The second kappa shape index (κ2) is 7.52. The van der Waals surface area contributed by atoms with Crippen LogP contribution in [0, 0.1) is 12.8 Å². The second-order valence-corrected chi connectivity index (χ2v) is 5.15. The fourth-order valence-corrected chi connectivity index (χ4v) is 1.86. The zero-order valence-corrected chi connectivity index (χ0v) is 12.2. The first-order valence-electron chi connectivity index (χ1n) is 6.71. The monoisotopic (exact) mass is 281 g/mol. The number of primary amides is 1. The normalized spacial score (nSPS) is 12.2. The number of hydrogen-bond acceptors (Lipinski definition) is 3. The molecule has 3 amide bonds. The minimum Gasteiger partial charge on any atom is -0.368 e. The second-order valence-electron chi connectivity index (χ2n) is 5.15. The summed E-state index contributed by atoms with van der Waals surface area (Å²) in [5.74, 6) is 0.655. The Hall–Kier alpha value is -2.05. The third kappa shape index (κ3) is 5.29. The van der Waals surface area contributed by atoms with Crippen LogP contribution in [-0.4, -0.2) is 34.1 Å². The van der Waals surface area contributed by atoms with Crippen LogP contribution in [-0.2, 0) is 11.3 Å². The van der Waals surface area contributed by atoms with E-state index in [0.717, 1.165) is 5.82 Å². The number of rotatable bonds is 7. The Balaban J connectivity index is 2.35. The maximum atomic E-state index is 11.7. The summed E-state index contributed by atoms with van der Waals surface area (Å²) in [5, 5.41) is 5.29. The molecule has 20 heavy (non-hydrogen) atoms. The highest BCUT2D eigenvalue weighted by molar-refractivity contribution is 5.85. The number of aryl methyl sites for hydroxylation is 1. The van der Waals surface area contributed by atoms with E-state index >= 15 is 0 Å². The lowest BCUT2D eigenvalue weighted by molar-refractivity contribution is -0.120. The summed E-state index contributed by atoms with van der Waals surface area (Å²) in [6, 6.07) is -1.02. The van der Waals surface area contributed by atoms with Crippen LogP contribution in [0.15, 0.2) is 12.4 Å². The summed E-state index contributed by atoms with van der Waals surface area (Å²) < 4.78 is 1.93. The smallest absolute Gasteiger partial charge is 0.315 e. The van der Waals surface area contributed by atoms with Crippen LogP contribution in [0.5, 0.6) is 0 Å². The number of nitrogens with one attached hydrogen (secondary N) is 2. The molecule has 0 aliphatic rings. The average Bonchev–Trinajstić information content (AvgIpc) is 2.73. The van der Waals surface area contributed by atoms with Gasteiger partial charge in [-0.15, -0.1) is 0 Å². The number of aromatic nitrogens is 2. The Morgan fingerprint density at radius 3 is 2.65 bits per heavy atom. The van der Waals surface area contributed by atoms with Crippen molar-refractivity contribution in [2.45, 2.75) is 39.8 Å².